The molecule has 0 aromatic carbocycles. The summed E-state index contributed by atoms with van der Waals surface area (Å²) >= 11 is 0. The van der Waals surface area contributed by atoms with Gasteiger partial charge < -0.3 is 15.6 Å². The second-order valence-electron chi connectivity index (χ2n) is 3.69. The van der Waals surface area contributed by atoms with E-state index >= 15 is 0 Å². The fraction of sp³-hybridized carbons (Fsp3) is 0.625. The molecule has 2 heterocycles. The number of rotatable bonds is 3. The number of aliphatic hydroxyl groups excluding tert-OH is 1. The van der Waals surface area contributed by atoms with E-state index in [1.54, 1.807) is 0 Å². The molecule has 1 aromatic rings. The zero-order chi connectivity index (χ0) is 11.8. The molecule has 1 fully saturated rings. The minimum atomic E-state index is -1.76. The summed E-state index contributed by atoms with van der Waals surface area (Å²) in [5.41, 5.74) is 3.21. The molecule has 2 rings (SSSR count). The molecule has 1 aliphatic rings. The van der Waals surface area contributed by atoms with Crippen LogP contribution in [0.15, 0.2) is 6.33 Å². The minimum Gasteiger partial charge on any atom is -0.393 e. The average Bonchev–Trinajstić information content (AvgIpc) is 2.84. The van der Waals surface area contributed by atoms with Gasteiger partial charge in [-0.05, 0) is 0 Å². The van der Waals surface area contributed by atoms with Crippen LogP contribution in [-0.4, -0.2) is 44.7 Å². The molecule has 3 N–H and O–H groups in total. The Labute approximate surface area is 90.0 Å². The number of amides is 1. The van der Waals surface area contributed by atoms with Crippen molar-refractivity contribution in [1.82, 2.24) is 14.8 Å². The molecule has 1 aliphatic heterocycles. The molecular weight excluding hydrogens is 219 g/mol. The van der Waals surface area contributed by atoms with Crippen molar-refractivity contribution in [1.29, 1.82) is 0 Å². The van der Waals surface area contributed by atoms with Crippen LogP contribution in [0.1, 0.15) is 23.3 Å². The summed E-state index contributed by atoms with van der Waals surface area (Å²) in [5, 5.41) is 12.6. The van der Waals surface area contributed by atoms with Gasteiger partial charge in [0.15, 0.2) is 11.9 Å². The van der Waals surface area contributed by atoms with Crippen LogP contribution in [-0.2, 0) is 4.74 Å². The Morgan fingerprint density at radius 1 is 1.88 bits per heavy atom. The maximum Gasteiger partial charge on any atom is 0.288 e. The second-order valence-corrected chi connectivity index (χ2v) is 3.69. The summed E-state index contributed by atoms with van der Waals surface area (Å²) < 4.78 is 19.9. The molecule has 1 aromatic heterocycles. The normalized spacial score (nSPS) is 29.5. The number of nitrogens with two attached hydrogens (primary N) is 1. The largest absolute Gasteiger partial charge is 0.393 e. The summed E-state index contributed by atoms with van der Waals surface area (Å²) in [5.74, 6) is -0.908. The highest BCUT2D eigenvalue weighted by molar-refractivity contribution is 5.88. The van der Waals surface area contributed by atoms with E-state index in [-0.39, 0.29) is 18.9 Å². The maximum absolute atomic E-state index is 13.6. The number of aliphatic hydroxyl groups is 1. The number of ether oxygens (including phenoxy) is 1. The molecule has 88 valence electrons. The molecule has 2 unspecified atom stereocenters. The first-order valence-electron chi connectivity index (χ1n) is 4.66. The highest BCUT2D eigenvalue weighted by atomic mass is 19.1. The van der Waals surface area contributed by atoms with Crippen molar-refractivity contribution in [3.8, 4) is 0 Å². The summed E-state index contributed by atoms with van der Waals surface area (Å²) in [6.45, 7) is -0.819. The van der Waals surface area contributed by atoms with Crippen molar-refractivity contribution in [2.75, 3.05) is 13.2 Å². The van der Waals surface area contributed by atoms with E-state index in [0.29, 0.717) is 0 Å². The monoisotopic (exact) mass is 230 g/mol. The fourth-order valence-corrected chi connectivity index (χ4v) is 1.48. The van der Waals surface area contributed by atoms with Crippen LogP contribution in [0.4, 0.5) is 4.39 Å². The van der Waals surface area contributed by atoms with E-state index in [9.17, 15) is 9.18 Å². The predicted octanol–water partition coefficient (Wildman–Crippen LogP) is -1.00. The quantitative estimate of drug-likeness (QED) is 0.693. The summed E-state index contributed by atoms with van der Waals surface area (Å²) in [4.78, 5) is 14.4. The number of carbonyl (C=O) groups is 1. The fourth-order valence-electron chi connectivity index (χ4n) is 1.48. The van der Waals surface area contributed by atoms with Crippen molar-refractivity contribution < 1.29 is 19.0 Å². The Balaban J connectivity index is 2.11. The van der Waals surface area contributed by atoms with Crippen molar-refractivity contribution in [3.63, 3.8) is 0 Å². The number of primary amides is 1. The lowest BCUT2D eigenvalue weighted by Crippen LogP contribution is -2.27. The number of alkyl halides is 1. The minimum absolute atomic E-state index is 0.0366. The van der Waals surface area contributed by atoms with Gasteiger partial charge in [-0.2, -0.15) is 0 Å². The maximum atomic E-state index is 13.6. The van der Waals surface area contributed by atoms with Gasteiger partial charge in [0.2, 0.25) is 5.82 Å². The molecule has 0 radical (unpaired) electrons. The third kappa shape index (κ3) is 1.89. The Hall–Kier alpha value is -1.54. The number of halogens is 1. The van der Waals surface area contributed by atoms with E-state index in [2.05, 4.69) is 10.1 Å². The predicted molar refractivity (Wildman–Crippen MR) is 49.1 cm³/mol. The van der Waals surface area contributed by atoms with E-state index in [0.717, 1.165) is 0 Å². The molecule has 2 atom stereocenters. The van der Waals surface area contributed by atoms with Crippen LogP contribution in [0.2, 0.25) is 0 Å². The van der Waals surface area contributed by atoms with Gasteiger partial charge in [0.1, 0.15) is 6.33 Å². The zero-order valence-corrected chi connectivity index (χ0v) is 8.34. The molecule has 0 spiro atoms. The van der Waals surface area contributed by atoms with Crippen molar-refractivity contribution in [2.45, 2.75) is 18.3 Å². The van der Waals surface area contributed by atoms with E-state index < -0.39 is 24.4 Å². The number of carbonyl (C=O) groups excluding carboxylic acids is 1. The van der Waals surface area contributed by atoms with E-state index in [1.807, 2.05) is 0 Å². The Kier molecular flexibility index (Phi) is 2.60. The highest BCUT2D eigenvalue weighted by Gasteiger charge is 2.41. The standard InChI is InChI=1S/C8H11FN4O3/c9-8(2-14)1-5(16-3-8)13-4-11-7(12-13)6(10)15/h4-5,14H,1-3H2,(H2,10,15). The SMILES string of the molecule is NC(=O)c1ncn(C2CC(F)(CO)CO2)n1. The van der Waals surface area contributed by atoms with Crippen LogP contribution in [0.5, 0.6) is 0 Å². The lowest BCUT2D eigenvalue weighted by atomic mass is 10.1. The first-order valence-corrected chi connectivity index (χ1v) is 4.66. The Morgan fingerprint density at radius 3 is 3.12 bits per heavy atom. The number of hydrogen-bond donors (Lipinski definition) is 2. The molecule has 16 heavy (non-hydrogen) atoms. The van der Waals surface area contributed by atoms with Gasteiger partial charge in [-0.15, -0.1) is 5.10 Å². The molecule has 8 heteroatoms. The van der Waals surface area contributed by atoms with Crippen LogP contribution >= 0.6 is 0 Å². The first kappa shape index (κ1) is 11.0. The number of hydrogen-bond acceptors (Lipinski definition) is 5. The molecule has 0 saturated carbocycles. The van der Waals surface area contributed by atoms with Crippen LogP contribution < -0.4 is 5.73 Å². The molecule has 0 aliphatic carbocycles. The smallest absolute Gasteiger partial charge is 0.288 e. The first-order chi connectivity index (χ1) is 7.54. The second kappa shape index (κ2) is 3.80. The summed E-state index contributed by atoms with van der Waals surface area (Å²) in [7, 11) is 0. The van der Waals surface area contributed by atoms with Gasteiger partial charge >= 0.3 is 0 Å². The van der Waals surface area contributed by atoms with Crippen molar-refractivity contribution in [2.24, 2.45) is 5.73 Å². The van der Waals surface area contributed by atoms with E-state index in [4.69, 9.17) is 15.6 Å². The van der Waals surface area contributed by atoms with Crippen LogP contribution in [0, 0.1) is 0 Å². The molecule has 7 nitrogen and oxygen atoms in total. The number of nitrogens with zero attached hydrogens (tertiary/aromatic N) is 3. The van der Waals surface area contributed by atoms with Gasteiger partial charge in [-0.1, -0.05) is 0 Å². The zero-order valence-electron chi connectivity index (χ0n) is 8.34. The van der Waals surface area contributed by atoms with Gasteiger partial charge in [0.05, 0.1) is 13.2 Å². The lowest BCUT2D eigenvalue weighted by Gasteiger charge is -2.12. The van der Waals surface area contributed by atoms with Gasteiger partial charge in [-0.25, -0.2) is 14.1 Å². The van der Waals surface area contributed by atoms with Crippen LogP contribution in [0.3, 0.4) is 0 Å². The lowest BCUT2D eigenvalue weighted by molar-refractivity contribution is 0.0242. The Morgan fingerprint density at radius 2 is 2.62 bits per heavy atom. The third-order valence-electron chi connectivity index (χ3n) is 2.38. The molecular formula is C8H11FN4O3. The van der Waals surface area contributed by atoms with E-state index in [1.165, 1.54) is 11.0 Å². The molecule has 0 bridgehead atoms. The topological polar surface area (TPSA) is 103 Å². The van der Waals surface area contributed by atoms with Gasteiger partial charge in [-0.3, -0.25) is 4.79 Å². The van der Waals surface area contributed by atoms with Crippen molar-refractivity contribution >= 4 is 5.91 Å². The number of aromatic nitrogens is 3. The average molecular weight is 230 g/mol. The summed E-state index contributed by atoms with van der Waals surface area (Å²) in [6.07, 6.45) is 0.539. The molecule has 1 amide bonds. The van der Waals surface area contributed by atoms with Gasteiger partial charge in [0.25, 0.3) is 5.91 Å². The summed E-state index contributed by atoms with van der Waals surface area (Å²) in [6, 6.07) is 0. The molecule has 1 saturated heterocycles. The van der Waals surface area contributed by atoms with Crippen molar-refractivity contribution in [3.05, 3.63) is 12.2 Å². The highest BCUT2D eigenvalue weighted by Crippen LogP contribution is 2.33. The van der Waals surface area contributed by atoms with Gasteiger partial charge in [0, 0.05) is 6.42 Å². The van der Waals surface area contributed by atoms with Crippen LogP contribution in [0.25, 0.3) is 0 Å². The Bertz CT molecular complexity index is 410. The third-order valence-corrected chi connectivity index (χ3v) is 2.38.